The number of aromatic carboxylic acids is 1. The van der Waals surface area contributed by atoms with Gasteiger partial charge in [0.15, 0.2) is 5.69 Å². The zero-order valence-electron chi connectivity index (χ0n) is 10.5. The first-order valence-corrected chi connectivity index (χ1v) is 5.84. The van der Waals surface area contributed by atoms with Crippen LogP contribution in [0.3, 0.4) is 0 Å². The monoisotopic (exact) mass is 251 g/mol. The Bertz CT molecular complexity index is 434. The number of hydrogen-bond acceptors (Lipinski definition) is 3. The van der Waals surface area contributed by atoms with Gasteiger partial charge in [-0.25, -0.2) is 14.6 Å². The molecule has 0 unspecified atom stereocenters. The first-order valence-electron chi connectivity index (χ1n) is 5.84. The lowest BCUT2D eigenvalue weighted by atomic mass is 10.3. The summed E-state index contributed by atoms with van der Waals surface area (Å²) in [5.41, 5.74) is 0.0583. The summed E-state index contributed by atoms with van der Waals surface area (Å²) >= 11 is 0. The first-order chi connectivity index (χ1) is 8.60. The molecule has 6 nitrogen and oxygen atoms in total. The van der Waals surface area contributed by atoms with Gasteiger partial charge >= 0.3 is 12.0 Å². The molecular formula is C12H17N3O3. The van der Waals surface area contributed by atoms with Crippen molar-refractivity contribution in [1.29, 1.82) is 0 Å². The number of nitrogens with one attached hydrogen (secondary N) is 1. The van der Waals surface area contributed by atoms with Gasteiger partial charge in [0.05, 0.1) is 5.69 Å². The van der Waals surface area contributed by atoms with Crippen LogP contribution in [0.4, 0.5) is 10.5 Å². The second kappa shape index (κ2) is 6.58. The van der Waals surface area contributed by atoms with Crippen LogP contribution in [0.2, 0.25) is 0 Å². The maximum Gasteiger partial charge on any atom is 0.356 e. The first kappa shape index (κ1) is 14.0. The Hall–Kier alpha value is -2.11. The number of rotatable bonds is 5. The zero-order chi connectivity index (χ0) is 13.5. The number of carboxylic acid groups (broad SMARTS) is 1. The molecule has 2 amide bonds. The second-order valence-electron chi connectivity index (χ2n) is 3.71. The third-order valence-electron chi connectivity index (χ3n) is 2.41. The summed E-state index contributed by atoms with van der Waals surface area (Å²) in [5, 5.41) is 11.5. The molecule has 6 heteroatoms. The van der Waals surface area contributed by atoms with Crippen LogP contribution in [0, 0.1) is 0 Å². The van der Waals surface area contributed by atoms with Crippen LogP contribution < -0.4 is 5.32 Å². The van der Waals surface area contributed by atoms with E-state index >= 15 is 0 Å². The highest BCUT2D eigenvalue weighted by molar-refractivity contribution is 5.98. The largest absolute Gasteiger partial charge is 0.476 e. The van der Waals surface area contributed by atoms with Gasteiger partial charge in [-0.05, 0) is 25.5 Å². The van der Waals surface area contributed by atoms with Crippen molar-refractivity contribution >= 4 is 17.7 Å². The fourth-order valence-corrected chi connectivity index (χ4v) is 1.54. The quantitative estimate of drug-likeness (QED) is 0.839. The van der Waals surface area contributed by atoms with E-state index in [-0.39, 0.29) is 17.4 Å². The molecule has 0 fully saturated rings. The molecule has 1 rings (SSSR count). The smallest absolute Gasteiger partial charge is 0.356 e. The van der Waals surface area contributed by atoms with Crippen LogP contribution in [0.25, 0.3) is 0 Å². The molecule has 0 atom stereocenters. The second-order valence-corrected chi connectivity index (χ2v) is 3.71. The molecule has 1 aromatic rings. The van der Waals surface area contributed by atoms with Gasteiger partial charge in [-0.2, -0.15) is 0 Å². The van der Waals surface area contributed by atoms with Gasteiger partial charge in [-0.3, -0.25) is 0 Å². The highest BCUT2D eigenvalue weighted by Gasteiger charge is 2.16. The predicted octanol–water partition coefficient (Wildman–Crippen LogP) is 2.04. The van der Waals surface area contributed by atoms with Gasteiger partial charge in [-0.1, -0.05) is 6.92 Å². The fraction of sp³-hybridized carbons (Fsp3) is 0.417. The van der Waals surface area contributed by atoms with Crippen LogP contribution >= 0.6 is 0 Å². The number of aromatic nitrogens is 1. The van der Waals surface area contributed by atoms with Gasteiger partial charge in [0.25, 0.3) is 0 Å². The summed E-state index contributed by atoms with van der Waals surface area (Å²) in [4.78, 5) is 28.2. The van der Waals surface area contributed by atoms with E-state index < -0.39 is 5.97 Å². The number of urea groups is 1. The minimum absolute atomic E-state index is 0.154. The number of pyridine rings is 1. The lowest BCUT2D eigenvalue weighted by Crippen LogP contribution is -2.35. The van der Waals surface area contributed by atoms with Gasteiger partial charge in [0.1, 0.15) is 0 Å². The lowest BCUT2D eigenvalue weighted by molar-refractivity contribution is 0.0691. The van der Waals surface area contributed by atoms with Crippen LogP contribution in [0.5, 0.6) is 0 Å². The SMILES string of the molecule is CCCN(CC)C(=O)Nc1cccnc1C(=O)O. The molecular weight excluding hydrogens is 234 g/mol. The molecule has 98 valence electrons. The molecule has 0 aliphatic heterocycles. The Morgan fingerprint density at radius 1 is 1.44 bits per heavy atom. The molecule has 0 radical (unpaired) electrons. The summed E-state index contributed by atoms with van der Waals surface area (Å²) in [7, 11) is 0. The Morgan fingerprint density at radius 3 is 2.72 bits per heavy atom. The van der Waals surface area contributed by atoms with Crippen molar-refractivity contribution in [3.63, 3.8) is 0 Å². The standard InChI is InChI=1S/C12H17N3O3/c1-3-8-15(4-2)12(18)14-9-6-5-7-13-10(9)11(16)17/h5-7H,3-4,8H2,1-2H3,(H,14,18)(H,16,17). The van der Waals surface area contributed by atoms with E-state index in [4.69, 9.17) is 5.11 Å². The van der Waals surface area contributed by atoms with E-state index in [1.807, 2.05) is 13.8 Å². The van der Waals surface area contributed by atoms with Crippen molar-refractivity contribution in [2.75, 3.05) is 18.4 Å². The number of carboxylic acids is 1. The number of amides is 2. The van der Waals surface area contributed by atoms with E-state index in [0.29, 0.717) is 13.1 Å². The van der Waals surface area contributed by atoms with Crippen LogP contribution in [-0.2, 0) is 0 Å². The minimum Gasteiger partial charge on any atom is -0.476 e. The van der Waals surface area contributed by atoms with Crippen LogP contribution in [0.1, 0.15) is 30.8 Å². The molecule has 0 aromatic carbocycles. The lowest BCUT2D eigenvalue weighted by Gasteiger charge is -2.20. The summed E-state index contributed by atoms with van der Waals surface area (Å²) in [6.45, 7) is 5.05. The fourth-order valence-electron chi connectivity index (χ4n) is 1.54. The summed E-state index contributed by atoms with van der Waals surface area (Å²) < 4.78 is 0. The van der Waals surface area contributed by atoms with Crippen molar-refractivity contribution in [3.8, 4) is 0 Å². The third-order valence-corrected chi connectivity index (χ3v) is 2.41. The normalized spacial score (nSPS) is 9.89. The van der Waals surface area contributed by atoms with E-state index in [1.54, 1.807) is 11.0 Å². The Labute approximate surface area is 106 Å². The number of hydrogen-bond donors (Lipinski definition) is 2. The Balaban J connectivity index is 2.84. The Kier molecular flexibility index (Phi) is 5.10. The molecule has 1 aromatic heterocycles. The van der Waals surface area contributed by atoms with Gasteiger partial charge in [0, 0.05) is 19.3 Å². The maximum absolute atomic E-state index is 11.9. The number of carbonyl (C=O) groups is 2. The number of anilines is 1. The Morgan fingerprint density at radius 2 is 2.17 bits per heavy atom. The number of carbonyl (C=O) groups excluding carboxylic acids is 1. The van der Waals surface area contributed by atoms with Gasteiger partial charge in [0.2, 0.25) is 0 Å². The molecule has 2 N–H and O–H groups in total. The third kappa shape index (κ3) is 3.44. The molecule has 0 bridgehead atoms. The highest BCUT2D eigenvalue weighted by Crippen LogP contribution is 2.12. The van der Waals surface area contributed by atoms with E-state index in [0.717, 1.165) is 6.42 Å². The van der Waals surface area contributed by atoms with Crippen LogP contribution in [0.15, 0.2) is 18.3 Å². The van der Waals surface area contributed by atoms with Crippen molar-refractivity contribution in [2.24, 2.45) is 0 Å². The van der Waals surface area contributed by atoms with Crippen LogP contribution in [-0.4, -0.2) is 40.1 Å². The minimum atomic E-state index is -1.16. The average molecular weight is 251 g/mol. The molecule has 0 aliphatic carbocycles. The van der Waals surface area contributed by atoms with Gasteiger partial charge in [-0.15, -0.1) is 0 Å². The van der Waals surface area contributed by atoms with E-state index in [9.17, 15) is 9.59 Å². The molecule has 1 heterocycles. The average Bonchev–Trinajstić information content (AvgIpc) is 2.36. The van der Waals surface area contributed by atoms with E-state index in [2.05, 4.69) is 10.3 Å². The summed E-state index contributed by atoms with van der Waals surface area (Å²) in [5.74, 6) is -1.16. The molecule has 0 aliphatic rings. The molecule has 0 saturated carbocycles. The van der Waals surface area contributed by atoms with E-state index in [1.165, 1.54) is 12.3 Å². The van der Waals surface area contributed by atoms with Crippen molar-refractivity contribution < 1.29 is 14.7 Å². The van der Waals surface area contributed by atoms with Crippen molar-refractivity contribution in [1.82, 2.24) is 9.88 Å². The predicted molar refractivity (Wildman–Crippen MR) is 67.8 cm³/mol. The zero-order valence-corrected chi connectivity index (χ0v) is 10.5. The summed E-state index contributed by atoms with van der Waals surface area (Å²) in [6, 6.07) is 2.79. The van der Waals surface area contributed by atoms with Crippen molar-refractivity contribution in [3.05, 3.63) is 24.0 Å². The molecule has 0 spiro atoms. The maximum atomic E-state index is 11.9. The summed E-state index contributed by atoms with van der Waals surface area (Å²) in [6.07, 6.45) is 2.23. The number of nitrogens with zero attached hydrogens (tertiary/aromatic N) is 2. The highest BCUT2D eigenvalue weighted by atomic mass is 16.4. The molecule has 18 heavy (non-hydrogen) atoms. The topological polar surface area (TPSA) is 82.5 Å². The van der Waals surface area contributed by atoms with Gasteiger partial charge < -0.3 is 15.3 Å². The molecule has 0 saturated heterocycles. The van der Waals surface area contributed by atoms with Crippen molar-refractivity contribution in [2.45, 2.75) is 20.3 Å².